The Morgan fingerprint density at radius 1 is 0.667 bits per heavy atom. The monoisotopic (exact) mass is 324 g/mol. The molecule has 1 heterocycles. The van der Waals surface area contributed by atoms with Crippen molar-refractivity contribution < 1.29 is 0 Å². The first kappa shape index (κ1) is 13.8. The van der Waals surface area contributed by atoms with E-state index in [0.29, 0.717) is 5.92 Å². The van der Waals surface area contributed by atoms with Gasteiger partial charge in [-0.2, -0.15) is 0 Å². The van der Waals surface area contributed by atoms with E-state index in [1.165, 1.54) is 37.2 Å². The lowest BCUT2D eigenvalue weighted by Crippen LogP contribution is -2.00. The Bertz CT molecular complexity index is 1040. The average Bonchev–Trinajstić information content (AvgIpc) is 3.19. The second-order valence-electron chi connectivity index (χ2n) is 6.19. The zero-order valence-electron chi connectivity index (χ0n) is 13.1. The number of benzene rings is 3. The van der Waals surface area contributed by atoms with Gasteiger partial charge in [-0.15, -0.1) is 11.3 Å². The van der Waals surface area contributed by atoms with E-state index >= 15 is 0 Å². The molecule has 3 aromatic carbocycles. The van der Waals surface area contributed by atoms with Crippen LogP contribution in [0.2, 0.25) is 0 Å². The molecule has 1 aromatic heterocycles. The zero-order chi connectivity index (χ0) is 15.9. The van der Waals surface area contributed by atoms with Crippen molar-refractivity contribution >= 4 is 33.1 Å². The summed E-state index contributed by atoms with van der Waals surface area (Å²) < 4.78 is 1.38. The second kappa shape index (κ2) is 5.47. The smallest absolute Gasteiger partial charge is 0.0366 e. The third-order valence-corrected chi connectivity index (χ3v) is 5.92. The fourth-order valence-electron chi connectivity index (χ4n) is 3.74. The molecule has 0 radical (unpaired) electrons. The molecule has 0 bridgehead atoms. The molecule has 0 unspecified atom stereocenters. The second-order valence-corrected chi connectivity index (χ2v) is 7.27. The minimum atomic E-state index is 0.319. The lowest BCUT2D eigenvalue weighted by Gasteiger charge is -2.18. The molecule has 1 aliphatic rings. The van der Waals surface area contributed by atoms with Crippen molar-refractivity contribution in [1.29, 1.82) is 0 Å². The van der Waals surface area contributed by atoms with Crippen LogP contribution in [0.4, 0.5) is 0 Å². The van der Waals surface area contributed by atoms with Gasteiger partial charge in [0.2, 0.25) is 0 Å². The summed E-state index contributed by atoms with van der Waals surface area (Å²) in [5.74, 6) is 0.319. The summed E-state index contributed by atoms with van der Waals surface area (Å²) in [6, 6.07) is 30.5. The largest absolute Gasteiger partial charge is 0.135 e. The maximum Gasteiger partial charge on any atom is 0.0366 e. The average molecular weight is 324 g/mol. The van der Waals surface area contributed by atoms with Crippen LogP contribution in [0, 0.1) is 0 Å². The van der Waals surface area contributed by atoms with Crippen LogP contribution in [0.5, 0.6) is 0 Å². The number of fused-ring (bicyclic) bond motifs is 3. The van der Waals surface area contributed by atoms with Crippen molar-refractivity contribution in [3.05, 3.63) is 106 Å². The molecular weight excluding hydrogens is 308 g/mol. The Balaban J connectivity index is 1.78. The van der Waals surface area contributed by atoms with Gasteiger partial charge in [0.05, 0.1) is 0 Å². The number of hydrogen-bond acceptors (Lipinski definition) is 1. The minimum Gasteiger partial charge on any atom is -0.135 e. The molecule has 1 atom stereocenters. The third-order valence-electron chi connectivity index (χ3n) is 4.79. The Morgan fingerprint density at radius 3 is 2.12 bits per heavy atom. The zero-order valence-corrected chi connectivity index (χ0v) is 14.0. The molecule has 4 aromatic rings. The van der Waals surface area contributed by atoms with Crippen LogP contribution in [0.15, 0.2) is 84.9 Å². The van der Waals surface area contributed by atoms with E-state index in [0.717, 1.165) is 0 Å². The highest BCUT2D eigenvalue weighted by Crippen LogP contribution is 2.51. The van der Waals surface area contributed by atoms with Crippen LogP contribution >= 0.6 is 11.3 Å². The summed E-state index contributed by atoms with van der Waals surface area (Å²) in [5.41, 5.74) is 5.57. The Hall–Kier alpha value is -2.64. The van der Waals surface area contributed by atoms with Crippen molar-refractivity contribution in [1.82, 2.24) is 0 Å². The topological polar surface area (TPSA) is 0 Å². The molecule has 1 heteroatoms. The fraction of sp³-hybridized carbons (Fsp3) is 0.0435. The summed E-state index contributed by atoms with van der Waals surface area (Å²) in [6.45, 7) is 0. The Morgan fingerprint density at radius 2 is 1.33 bits per heavy atom. The summed E-state index contributed by atoms with van der Waals surface area (Å²) >= 11 is 1.91. The summed E-state index contributed by atoms with van der Waals surface area (Å²) in [4.78, 5) is 1.41. The molecule has 5 rings (SSSR count). The van der Waals surface area contributed by atoms with E-state index in [9.17, 15) is 0 Å². The molecule has 0 fully saturated rings. The van der Waals surface area contributed by atoms with Crippen molar-refractivity contribution in [2.45, 2.75) is 5.92 Å². The molecule has 0 amide bonds. The van der Waals surface area contributed by atoms with Gasteiger partial charge in [0.15, 0.2) is 0 Å². The molecule has 1 aliphatic carbocycles. The number of allylic oxidation sites excluding steroid dienone is 1. The molecule has 0 spiro atoms. The van der Waals surface area contributed by atoms with Gasteiger partial charge in [0.1, 0.15) is 0 Å². The molecule has 0 aliphatic heterocycles. The van der Waals surface area contributed by atoms with Crippen LogP contribution in [0.1, 0.15) is 27.5 Å². The van der Waals surface area contributed by atoms with Crippen LogP contribution < -0.4 is 0 Å². The van der Waals surface area contributed by atoms with Crippen LogP contribution in [0.25, 0.3) is 21.7 Å². The number of hydrogen-bond donors (Lipinski definition) is 0. The van der Waals surface area contributed by atoms with Crippen molar-refractivity contribution in [2.75, 3.05) is 0 Å². The van der Waals surface area contributed by atoms with Gasteiger partial charge >= 0.3 is 0 Å². The van der Waals surface area contributed by atoms with Gasteiger partial charge in [0, 0.05) is 15.5 Å². The van der Waals surface area contributed by atoms with Crippen LogP contribution in [0.3, 0.4) is 0 Å². The van der Waals surface area contributed by atoms with Crippen molar-refractivity contribution in [2.24, 2.45) is 0 Å². The van der Waals surface area contributed by atoms with E-state index in [1.807, 2.05) is 11.3 Å². The van der Waals surface area contributed by atoms with Gasteiger partial charge in [-0.25, -0.2) is 0 Å². The van der Waals surface area contributed by atoms with E-state index < -0.39 is 0 Å². The van der Waals surface area contributed by atoms with Gasteiger partial charge < -0.3 is 0 Å². The molecule has 0 N–H and O–H groups in total. The highest BCUT2D eigenvalue weighted by molar-refractivity contribution is 7.20. The maximum atomic E-state index is 2.40. The van der Waals surface area contributed by atoms with E-state index in [-0.39, 0.29) is 0 Å². The molecular formula is C23H16S. The highest BCUT2D eigenvalue weighted by atomic mass is 32.1. The highest BCUT2D eigenvalue weighted by Gasteiger charge is 2.31. The van der Waals surface area contributed by atoms with E-state index in [4.69, 9.17) is 0 Å². The first-order valence-corrected chi connectivity index (χ1v) is 9.07. The normalized spacial score (nSPS) is 16.2. The Kier molecular flexibility index (Phi) is 3.14. The van der Waals surface area contributed by atoms with Gasteiger partial charge in [-0.05, 0) is 39.8 Å². The van der Waals surface area contributed by atoms with Crippen LogP contribution in [-0.4, -0.2) is 0 Å². The molecule has 0 saturated heterocycles. The molecule has 24 heavy (non-hydrogen) atoms. The number of thiophene rings is 1. The predicted molar refractivity (Wildman–Crippen MR) is 104 cm³/mol. The van der Waals surface area contributed by atoms with Gasteiger partial charge in [0.25, 0.3) is 0 Å². The van der Waals surface area contributed by atoms with Crippen LogP contribution in [-0.2, 0) is 0 Å². The van der Waals surface area contributed by atoms with Crippen molar-refractivity contribution in [3.8, 4) is 0 Å². The summed E-state index contributed by atoms with van der Waals surface area (Å²) in [5, 5.41) is 1.40. The first-order chi connectivity index (χ1) is 11.9. The minimum absolute atomic E-state index is 0.319. The Labute approximate surface area is 145 Å². The molecule has 114 valence electrons. The standard InChI is InChI=1S/C23H16S/c1-3-9-16(10-4-1)19-15-21-23(18-13-7-8-14-20(18)24-21)22(19)17-11-5-2-6-12-17/h1-15,22H/t22-/m0/s1. The van der Waals surface area contributed by atoms with E-state index in [1.54, 1.807) is 0 Å². The first-order valence-electron chi connectivity index (χ1n) is 8.25. The maximum absolute atomic E-state index is 2.40. The molecule has 0 nitrogen and oxygen atoms in total. The van der Waals surface area contributed by atoms with Gasteiger partial charge in [-0.3, -0.25) is 0 Å². The molecule has 0 saturated carbocycles. The number of rotatable bonds is 2. The fourth-order valence-corrected chi connectivity index (χ4v) is 4.94. The summed E-state index contributed by atoms with van der Waals surface area (Å²) in [7, 11) is 0. The predicted octanol–water partition coefficient (Wildman–Crippen LogP) is 6.59. The van der Waals surface area contributed by atoms with Gasteiger partial charge in [-0.1, -0.05) is 78.9 Å². The third kappa shape index (κ3) is 2.05. The SMILES string of the molecule is C1=C(c2ccccc2)[C@H](c2ccccc2)c2c1sc1ccccc21. The summed E-state index contributed by atoms with van der Waals surface area (Å²) in [6.07, 6.45) is 2.40. The lowest BCUT2D eigenvalue weighted by atomic mass is 9.85. The van der Waals surface area contributed by atoms with Crippen molar-refractivity contribution in [3.63, 3.8) is 0 Å². The lowest BCUT2D eigenvalue weighted by molar-refractivity contribution is 1.09. The van der Waals surface area contributed by atoms with E-state index in [2.05, 4.69) is 91.0 Å². The quantitative estimate of drug-likeness (QED) is 0.390.